The van der Waals surface area contributed by atoms with Crippen molar-refractivity contribution in [1.29, 1.82) is 0 Å². The number of amides is 1. The largest absolute Gasteiger partial charge is 0.357 e. The van der Waals surface area contributed by atoms with Gasteiger partial charge < -0.3 is 20.1 Å². The zero-order valence-corrected chi connectivity index (χ0v) is 16.1. The van der Waals surface area contributed by atoms with E-state index in [-0.39, 0.29) is 11.9 Å². The first kappa shape index (κ1) is 18.9. The smallest absolute Gasteiger partial charge is 0.222 e. The van der Waals surface area contributed by atoms with Crippen LogP contribution in [-0.2, 0) is 17.9 Å². The van der Waals surface area contributed by atoms with E-state index in [1.54, 1.807) is 4.90 Å². The fraction of sp³-hybridized carbons (Fsp3) is 0.450. The molecule has 0 bridgehead atoms. The molecule has 0 saturated carbocycles. The van der Waals surface area contributed by atoms with Crippen LogP contribution in [0.5, 0.6) is 0 Å². The van der Waals surface area contributed by atoms with Gasteiger partial charge in [0.1, 0.15) is 12.4 Å². The zero-order valence-electron chi connectivity index (χ0n) is 16.1. The Morgan fingerprint density at radius 2 is 2.15 bits per heavy atom. The van der Waals surface area contributed by atoms with Crippen LogP contribution in [-0.4, -0.2) is 52.5 Å². The van der Waals surface area contributed by atoms with Gasteiger partial charge in [0.25, 0.3) is 0 Å². The molecule has 2 heterocycles. The molecule has 0 radical (unpaired) electrons. The zero-order chi connectivity index (χ0) is 19.1. The maximum absolute atomic E-state index is 11.7. The van der Waals surface area contributed by atoms with Crippen LogP contribution in [0.15, 0.2) is 47.7 Å². The molecule has 2 N–H and O–H groups in total. The quantitative estimate of drug-likeness (QED) is 0.600. The highest BCUT2D eigenvalue weighted by Gasteiger charge is 2.23. The van der Waals surface area contributed by atoms with Crippen LogP contribution < -0.4 is 10.6 Å². The molecule has 0 spiro atoms. The molecule has 7 nitrogen and oxygen atoms in total. The number of guanidine groups is 1. The number of nitrogens with one attached hydrogen (secondary N) is 2. The van der Waals surface area contributed by atoms with Gasteiger partial charge in [-0.3, -0.25) is 4.79 Å². The Labute approximate surface area is 160 Å². The van der Waals surface area contributed by atoms with Crippen molar-refractivity contribution in [3.05, 3.63) is 54.1 Å². The van der Waals surface area contributed by atoms with E-state index in [1.807, 2.05) is 44.6 Å². The number of rotatable bonds is 6. The van der Waals surface area contributed by atoms with Gasteiger partial charge in [-0.25, -0.2) is 9.98 Å². The number of aromatic nitrogens is 2. The minimum absolute atomic E-state index is 0.206. The van der Waals surface area contributed by atoms with E-state index in [0.29, 0.717) is 19.5 Å². The van der Waals surface area contributed by atoms with E-state index in [1.165, 1.54) is 5.56 Å². The Hall–Kier alpha value is -2.83. The lowest BCUT2D eigenvalue weighted by molar-refractivity contribution is -0.132. The lowest BCUT2D eigenvalue weighted by atomic mass is 10.1. The monoisotopic (exact) mass is 368 g/mol. The van der Waals surface area contributed by atoms with Crippen molar-refractivity contribution in [2.75, 3.05) is 20.1 Å². The van der Waals surface area contributed by atoms with Gasteiger partial charge in [-0.15, -0.1) is 0 Å². The number of hydrogen-bond acceptors (Lipinski definition) is 3. The first-order valence-electron chi connectivity index (χ1n) is 9.48. The normalized spacial score (nSPS) is 17.9. The predicted molar refractivity (Wildman–Crippen MR) is 106 cm³/mol. The van der Waals surface area contributed by atoms with Gasteiger partial charge in [-0.1, -0.05) is 30.3 Å². The number of hydrogen-bond donors (Lipinski definition) is 2. The van der Waals surface area contributed by atoms with E-state index >= 15 is 0 Å². The van der Waals surface area contributed by atoms with Gasteiger partial charge in [0.2, 0.25) is 5.91 Å². The second-order valence-corrected chi connectivity index (χ2v) is 6.81. The van der Waals surface area contributed by atoms with Crippen molar-refractivity contribution in [1.82, 2.24) is 25.1 Å². The van der Waals surface area contributed by atoms with Crippen LogP contribution in [0.4, 0.5) is 0 Å². The summed E-state index contributed by atoms with van der Waals surface area (Å²) in [6.45, 7) is 4.81. The topological polar surface area (TPSA) is 74.5 Å². The summed E-state index contributed by atoms with van der Waals surface area (Å²) in [4.78, 5) is 22.6. The number of nitrogens with zero attached hydrogens (tertiary/aromatic N) is 4. The van der Waals surface area contributed by atoms with Crippen molar-refractivity contribution in [3.63, 3.8) is 0 Å². The molecule has 3 rings (SSSR count). The van der Waals surface area contributed by atoms with Gasteiger partial charge in [0.05, 0.1) is 0 Å². The summed E-state index contributed by atoms with van der Waals surface area (Å²) in [7, 11) is 1.85. The summed E-state index contributed by atoms with van der Waals surface area (Å²) >= 11 is 0. The molecule has 144 valence electrons. The SMILES string of the molecule is CCNC(=NCc1nccn1Cc1ccccc1)NC1CCC(=O)N(C)C1. The average molecular weight is 368 g/mol. The molecular formula is C20H28N6O. The highest BCUT2D eigenvalue weighted by molar-refractivity contribution is 5.81. The summed E-state index contributed by atoms with van der Waals surface area (Å²) < 4.78 is 2.12. The molecule has 1 fully saturated rings. The minimum atomic E-state index is 0.206. The summed E-state index contributed by atoms with van der Waals surface area (Å²) in [5, 5.41) is 6.73. The predicted octanol–water partition coefficient (Wildman–Crippen LogP) is 1.61. The highest BCUT2D eigenvalue weighted by atomic mass is 16.2. The first-order valence-corrected chi connectivity index (χ1v) is 9.48. The molecule has 27 heavy (non-hydrogen) atoms. The van der Waals surface area contributed by atoms with Crippen molar-refractivity contribution >= 4 is 11.9 Å². The van der Waals surface area contributed by atoms with E-state index in [4.69, 9.17) is 4.99 Å². The first-order chi connectivity index (χ1) is 13.2. The number of aliphatic imine (C=N–C) groups is 1. The Bertz CT molecular complexity index is 770. The van der Waals surface area contributed by atoms with E-state index in [0.717, 1.165) is 31.3 Å². The van der Waals surface area contributed by atoms with Crippen LogP contribution in [0, 0.1) is 0 Å². The lowest BCUT2D eigenvalue weighted by Crippen LogP contribution is -2.51. The van der Waals surface area contributed by atoms with E-state index in [2.05, 4.69) is 32.3 Å². The van der Waals surface area contributed by atoms with E-state index in [9.17, 15) is 4.79 Å². The van der Waals surface area contributed by atoms with E-state index < -0.39 is 0 Å². The molecule has 1 amide bonds. The Morgan fingerprint density at radius 1 is 1.33 bits per heavy atom. The minimum Gasteiger partial charge on any atom is -0.357 e. The summed E-state index contributed by atoms with van der Waals surface area (Å²) in [6.07, 6.45) is 5.21. The van der Waals surface area contributed by atoms with Crippen molar-refractivity contribution in [2.45, 2.75) is 38.9 Å². The number of carbonyl (C=O) groups excluding carboxylic acids is 1. The average Bonchev–Trinajstić information content (AvgIpc) is 3.11. The second kappa shape index (κ2) is 9.21. The third-order valence-corrected chi connectivity index (χ3v) is 4.69. The summed E-state index contributed by atoms with van der Waals surface area (Å²) in [6, 6.07) is 10.5. The molecule has 1 aliphatic rings. The van der Waals surface area contributed by atoms with Crippen LogP contribution in [0.25, 0.3) is 0 Å². The Kier molecular flexibility index (Phi) is 6.46. The number of imidazole rings is 1. The van der Waals surface area contributed by atoms with Crippen LogP contribution >= 0.6 is 0 Å². The van der Waals surface area contributed by atoms with Gasteiger partial charge in [0.15, 0.2) is 5.96 Å². The molecule has 7 heteroatoms. The van der Waals surface area contributed by atoms with Crippen LogP contribution in [0.3, 0.4) is 0 Å². The molecule has 1 saturated heterocycles. The van der Waals surface area contributed by atoms with Crippen molar-refractivity contribution < 1.29 is 4.79 Å². The highest BCUT2D eigenvalue weighted by Crippen LogP contribution is 2.10. The fourth-order valence-corrected chi connectivity index (χ4v) is 3.21. The fourth-order valence-electron chi connectivity index (χ4n) is 3.21. The molecule has 1 atom stereocenters. The summed E-state index contributed by atoms with van der Waals surface area (Å²) in [5.74, 6) is 1.89. The maximum atomic E-state index is 11.7. The molecular weight excluding hydrogens is 340 g/mol. The second-order valence-electron chi connectivity index (χ2n) is 6.81. The number of piperidine rings is 1. The molecule has 2 aromatic rings. The molecule has 1 aromatic carbocycles. The standard InChI is InChI=1S/C20H28N6O/c1-3-21-20(24-17-9-10-19(27)25(2)15-17)23-13-18-22-11-12-26(18)14-16-7-5-4-6-8-16/h4-8,11-12,17H,3,9-10,13-15H2,1-2H3,(H2,21,23,24). The molecule has 1 aliphatic heterocycles. The van der Waals surface area contributed by atoms with Crippen molar-refractivity contribution in [3.8, 4) is 0 Å². The van der Waals surface area contributed by atoms with Gasteiger partial charge >= 0.3 is 0 Å². The lowest BCUT2D eigenvalue weighted by Gasteiger charge is -2.31. The third kappa shape index (κ3) is 5.32. The third-order valence-electron chi connectivity index (χ3n) is 4.69. The maximum Gasteiger partial charge on any atom is 0.222 e. The van der Waals surface area contributed by atoms with Crippen LogP contribution in [0.2, 0.25) is 0 Å². The van der Waals surface area contributed by atoms with Gasteiger partial charge in [-0.2, -0.15) is 0 Å². The van der Waals surface area contributed by atoms with Crippen molar-refractivity contribution in [2.24, 2.45) is 4.99 Å². The Morgan fingerprint density at radius 3 is 2.89 bits per heavy atom. The number of benzene rings is 1. The van der Waals surface area contributed by atoms with Gasteiger partial charge in [-0.05, 0) is 18.9 Å². The van der Waals surface area contributed by atoms with Crippen LogP contribution in [0.1, 0.15) is 31.2 Å². The number of likely N-dealkylation sites (tertiary alicyclic amines) is 1. The number of likely N-dealkylation sites (N-methyl/N-ethyl adjacent to an activating group) is 1. The van der Waals surface area contributed by atoms with Gasteiger partial charge in [0, 0.05) is 51.5 Å². The molecule has 0 aliphatic carbocycles. The molecule has 1 unspecified atom stereocenters. The molecule has 1 aromatic heterocycles. The summed E-state index contributed by atoms with van der Waals surface area (Å²) in [5.41, 5.74) is 1.24. The Balaban J connectivity index is 1.63. The number of carbonyl (C=O) groups is 1.